The van der Waals surface area contributed by atoms with E-state index >= 15 is 0 Å². The number of aromatic nitrogens is 1. The summed E-state index contributed by atoms with van der Waals surface area (Å²) in [7, 11) is -3.64. The number of sulfonamides is 1. The maximum atomic E-state index is 14.5. The van der Waals surface area contributed by atoms with E-state index in [4.69, 9.17) is 9.72 Å². The summed E-state index contributed by atoms with van der Waals surface area (Å²) in [4.78, 5) is 17.7. The summed E-state index contributed by atoms with van der Waals surface area (Å²) in [6.07, 6.45) is 0.928. The zero-order valence-electron chi connectivity index (χ0n) is 22.2. The molecule has 3 rings (SSSR count). The van der Waals surface area contributed by atoms with Gasteiger partial charge in [0.05, 0.1) is 30.2 Å². The molecule has 0 spiro atoms. The van der Waals surface area contributed by atoms with Crippen molar-refractivity contribution in [2.75, 3.05) is 11.0 Å². The predicted octanol–water partition coefficient (Wildman–Crippen LogP) is 4.38. The number of carbonyl (C=O) groups excluding carboxylic acids is 1. The van der Waals surface area contributed by atoms with Crippen LogP contribution in [0, 0.1) is 5.82 Å². The number of ether oxygens (including phenoxy) is 1. The lowest BCUT2D eigenvalue weighted by Crippen LogP contribution is -2.29. The summed E-state index contributed by atoms with van der Waals surface area (Å²) in [6, 6.07) is 15.3. The molecule has 10 heteroatoms. The number of hydrogen-bond donors (Lipinski definition) is 3. The van der Waals surface area contributed by atoms with Crippen LogP contribution in [0.5, 0.6) is 5.88 Å². The number of aliphatic hydroxyl groups excluding tert-OH is 1. The van der Waals surface area contributed by atoms with Gasteiger partial charge in [0.2, 0.25) is 21.8 Å². The molecule has 0 saturated carbocycles. The van der Waals surface area contributed by atoms with Crippen molar-refractivity contribution in [2.24, 2.45) is 0 Å². The van der Waals surface area contributed by atoms with Gasteiger partial charge in [-0.2, -0.15) is 0 Å². The third kappa shape index (κ3) is 7.75. The maximum Gasteiger partial charge on any atom is 0.229 e. The lowest BCUT2D eigenvalue weighted by atomic mass is 9.90. The average Bonchev–Trinajstić information content (AvgIpc) is 2.85. The van der Waals surface area contributed by atoms with Crippen molar-refractivity contribution in [1.82, 2.24) is 10.3 Å². The molecule has 0 aliphatic rings. The van der Waals surface area contributed by atoms with E-state index in [1.165, 1.54) is 12.1 Å². The summed E-state index contributed by atoms with van der Waals surface area (Å²) in [5.41, 5.74) is 2.71. The van der Waals surface area contributed by atoms with Crippen molar-refractivity contribution >= 4 is 21.6 Å². The summed E-state index contributed by atoms with van der Waals surface area (Å²) in [5.74, 6) is -1.58. The number of nitrogens with one attached hydrogen (secondary N) is 2. The zero-order valence-corrected chi connectivity index (χ0v) is 23.0. The molecule has 8 nitrogen and oxygen atoms in total. The van der Waals surface area contributed by atoms with Gasteiger partial charge < -0.3 is 15.2 Å². The first-order valence-electron chi connectivity index (χ1n) is 12.1. The Morgan fingerprint density at radius 3 is 2.39 bits per heavy atom. The van der Waals surface area contributed by atoms with Crippen molar-refractivity contribution in [3.63, 3.8) is 0 Å². The van der Waals surface area contributed by atoms with Gasteiger partial charge in [0.1, 0.15) is 12.4 Å². The van der Waals surface area contributed by atoms with E-state index in [-0.39, 0.29) is 36.8 Å². The van der Waals surface area contributed by atoms with Crippen LogP contribution in [0.15, 0.2) is 54.6 Å². The molecule has 0 fully saturated rings. The molecule has 3 aromatic rings. The normalized spacial score (nSPS) is 12.6. The van der Waals surface area contributed by atoms with Crippen LogP contribution in [0.2, 0.25) is 0 Å². The van der Waals surface area contributed by atoms with Gasteiger partial charge in [0, 0.05) is 17.5 Å². The van der Waals surface area contributed by atoms with Gasteiger partial charge >= 0.3 is 0 Å². The van der Waals surface area contributed by atoms with Crippen LogP contribution in [-0.4, -0.2) is 30.7 Å². The summed E-state index contributed by atoms with van der Waals surface area (Å²) in [5, 5.41) is 13.0. The fourth-order valence-electron chi connectivity index (χ4n) is 3.72. The number of benzene rings is 2. The molecule has 3 N–H and O–H groups in total. The number of aliphatic hydroxyl groups is 1. The highest BCUT2D eigenvalue weighted by atomic mass is 32.2. The van der Waals surface area contributed by atoms with Gasteiger partial charge in [0.15, 0.2) is 0 Å². The summed E-state index contributed by atoms with van der Waals surface area (Å²) >= 11 is 0. The number of halogens is 1. The molecular formula is C28H34FN3O5S. The van der Waals surface area contributed by atoms with Crippen molar-refractivity contribution in [1.29, 1.82) is 0 Å². The predicted molar refractivity (Wildman–Crippen MR) is 145 cm³/mol. The molecule has 0 aliphatic carbocycles. The van der Waals surface area contributed by atoms with E-state index in [9.17, 15) is 22.7 Å². The van der Waals surface area contributed by atoms with Gasteiger partial charge in [-0.05, 0) is 41.8 Å². The van der Waals surface area contributed by atoms with Crippen LogP contribution in [0.3, 0.4) is 0 Å². The largest absolute Gasteiger partial charge is 0.473 e. The number of amides is 1. The minimum atomic E-state index is -3.64. The number of hydrogen-bond acceptors (Lipinski definition) is 6. The van der Waals surface area contributed by atoms with Gasteiger partial charge in [-0.1, -0.05) is 57.2 Å². The van der Waals surface area contributed by atoms with Gasteiger partial charge in [0.25, 0.3) is 0 Å². The first kappa shape index (κ1) is 29.1. The van der Waals surface area contributed by atoms with Gasteiger partial charge in [-0.25, -0.2) is 17.8 Å². The second kappa shape index (κ2) is 11.9. The second-order valence-corrected chi connectivity index (χ2v) is 11.9. The minimum absolute atomic E-state index is 0.0385. The number of carbonyl (C=O) groups is 1. The first-order chi connectivity index (χ1) is 17.8. The van der Waals surface area contributed by atoms with Crippen LogP contribution in [-0.2, 0) is 40.0 Å². The number of anilines is 1. The van der Waals surface area contributed by atoms with Crippen LogP contribution in [0.4, 0.5) is 10.1 Å². The Labute approximate surface area is 223 Å². The fraction of sp³-hybridized carbons (Fsp3) is 0.357. The SMILES string of the molecule is CC(C(=O)NCc1c(CO)cc(C(C)(C)C)nc1OCc1ccccc1)c1ccc(NS(C)(=O)=O)c(F)c1. The monoisotopic (exact) mass is 543 g/mol. The van der Waals surface area contributed by atoms with E-state index < -0.39 is 21.8 Å². The molecule has 1 heterocycles. The lowest BCUT2D eigenvalue weighted by Gasteiger charge is -2.23. The maximum absolute atomic E-state index is 14.5. The van der Waals surface area contributed by atoms with Crippen LogP contribution >= 0.6 is 0 Å². The van der Waals surface area contributed by atoms with E-state index in [2.05, 4.69) is 10.0 Å². The molecule has 0 bridgehead atoms. The Balaban J connectivity index is 1.83. The van der Waals surface area contributed by atoms with Gasteiger partial charge in [-0.15, -0.1) is 0 Å². The number of pyridine rings is 1. The minimum Gasteiger partial charge on any atom is -0.473 e. The fourth-order valence-corrected chi connectivity index (χ4v) is 4.29. The lowest BCUT2D eigenvalue weighted by molar-refractivity contribution is -0.122. The van der Waals surface area contributed by atoms with E-state index in [1.807, 2.05) is 57.2 Å². The molecule has 1 amide bonds. The van der Waals surface area contributed by atoms with Crippen LogP contribution in [0.25, 0.3) is 0 Å². The molecule has 1 atom stereocenters. The standard InChI is InChI=1S/C28H34FN3O5S/c1-18(20-11-12-24(23(29)13-20)32-38(5,35)36)26(34)30-15-22-21(16-33)14-25(28(2,3)4)31-27(22)37-17-19-9-7-6-8-10-19/h6-14,18,32-33H,15-17H2,1-5H3,(H,30,34). The number of rotatable bonds is 10. The second-order valence-electron chi connectivity index (χ2n) is 10.2. The Kier molecular flexibility index (Phi) is 9.11. The molecule has 0 aliphatic heterocycles. The Morgan fingerprint density at radius 2 is 1.82 bits per heavy atom. The topological polar surface area (TPSA) is 118 Å². The van der Waals surface area contributed by atoms with Crippen molar-refractivity contribution in [3.8, 4) is 5.88 Å². The summed E-state index contributed by atoms with van der Waals surface area (Å²) < 4.78 is 45.4. The molecule has 204 valence electrons. The molecular weight excluding hydrogens is 509 g/mol. The molecule has 1 aromatic heterocycles. The highest BCUT2D eigenvalue weighted by Crippen LogP contribution is 2.29. The summed E-state index contributed by atoms with van der Waals surface area (Å²) in [6.45, 7) is 7.68. The van der Waals surface area contributed by atoms with Crippen molar-refractivity contribution in [3.05, 3.63) is 88.4 Å². The highest BCUT2D eigenvalue weighted by Gasteiger charge is 2.23. The van der Waals surface area contributed by atoms with E-state index in [0.29, 0.717) is 22.6 Å². The molecule has 2 aromatic carbocycles. The first-order valence-corrected chi connectivity index (χ1v) is 14.0. The Bertz CT molecular complexity index is 1390. The quantitative estimate of drug-likeness (QED) is 0.349. The number of nitrogens with zero attached hydrogens (tertiary/aromatic N) is 1. The Morgan fingerprint density at radius 1 is 1.13 bits per heavy atom. The third-order valence-electron chi connectivity index (χ3n) is 5.96. The van der Waals surface area contributed by atoms with Crippen LogP contribution in [0.1, 0.15) is 61.6 Å². The molecule has 38 heavy (non-hydrogen) atoms. The van der Waals surface area contributed by atoms with E-state index in [0.717, 1.165) is 23.6 Å². The van der Waals surface area contributed by atoms with Crippen molar-refractivity contribution < 1.29 is 27.4 Å². The highest BCUT2D eigenvalue weighted by molar-refractivity contribution is 7.92. The van der Waals surface area contributed by atoms with E-state index in [1.54, 1.807) is 6.92 Å². The van der Waals surface area contributed by atoms with Crippen molar-refractivity contribution in [2.45, 2.75) is 58.8 Å². The van der Waals surface area contributed by atoms with Crippen LogP contribution < -0.4 is 14.8 Å². The smallest absolute Gasteiger partial charge is 0.229 e. The Hall–Kier alpha value is -3.50. The molecule has 0 radical (unpaired) electrons. The zero-order chi connectivity index (χ0) is 28.1. The average molecular weight is 544 g/mol. The molecule has 0 saturated heterocycles. The van der Waals surface area contributed by atoms with Gasteiger partial charge in [-0.3, -0.25) is 9.52 Å². The molecule has 1 unspecified atom stereocenters. The third-order valence-corrected chi connectivity index (χ3v) is 6.55.